The van der Waals surface area contributed by atoms with Crippen molar-refractivity contribution in [2.24, 2.45) is 0 Å². The van der Waals surface area contributed by atoms with Crippen molar-refractivity contribution in [1.82, 2.24) is 5.32 Å². The van der Waals surface area contributed by atoms with Gasteiger partial charge in [0.05, 0.1) is 23.1 Å². The van der Waals surface area contributed by atoms with Crippen LogP contribution in [-0.2, 0) is 10.0 Å². The van der Waals surface area contributed by atoms with E-state index in [1.807, 2.05) is 0 Å². The molecule has 2 N–H and O–H groups in total. The Bertz CT molecular complexity index is 1200. The molecule has 0 bridgehead atoms. The van der Waals surface area contributed by atoms with Crippen molar-refractivity contribution in [2.45, 2.75) is 17.9 Å². The van der Waals surface area contributed by atoms with E-state index >= 15 is 0 Å². The molecule has 0 aliphatic carbocycles. The summed E-state index contributed by atoms with van der Waals surface area (Å²) in [5.74, 6) is -0.432. The van der Waals surface area contributed by atoms with Crippen LogP contribution in [0.4, 0.5) is 10.1 Å². The molecule has 0 aromatic heterocycles. The predicted molar refractivity (Wildman–Crippen MR) is 118 cm³/mol. The van der Waals surface area contributed by atoms with Crippen LogP contribution in [0, 0.1) is 5.82 Å². The van der Waals surface area contributed by atoms with Crippen LogP contribution in [0.2, 0.25) is 5.02 Å². The standard InChI is InChI=1S/C22H20ClFN2O4S/c1-14(15-6-11-21(24)20(23)13-15)25-22(27)16-4-3-5-19(12-16)31(28,29)26-17-7-9-18(30-2)10-8-17/h3-14,26H,1-2H3,(H,25,27). The summed E-state index contributed by atoms with van der Waals surface area (Å²) in [5.41, 5.74) is 1.14. The minimum atomic E-state index is -3.91. The number of sulfonamides is 1. The van der Waals surface area contributed by atoms with Crippen LogP contribution in [0.15, 0.2) is 71.6 Å². The van der Waals surface area contributed by atoms with E-state index in [1.54, 1.807) is 31.2 Å². The lowest BCUT2D eigenvalue weighted by Crippen LogP contribution is -2.27. The van der Waals surface area contributed by atoms with Crippen LogP contribution >= 0.6 is 11.6 Å². The summed E-state index contributed by atoms with van der Waals surface area (Å²) in [7, 11) is -2.39. The zero-order valence-corrected chi connectivity index (χ0v) is 18.3. The Morgan fingerprint density at radius 3 is 2.42 bits per heavy atom. The lowest BCUT2D eigenvalue weighted by molar-refractivity contribution is 0.0939. The van der Waals surface area contributed by atoms with Crippen LogP contribution in [0.3, 0.4) is 0 Å². The third-order valence-corrected chi connectivity index (χ3v) is 6.21. The largest absolute Gasteiger partial charge is 0.497 e. The van der Waals surface area contributed by atoms with Gasteiger partial charge in [-0.05, 0) is 67.1 Å². The van der Waals surface area contributed by atoms with Crippen molar-refractivity contribution in [2.75, 3.05) is 11.8 Å². The van der Waals surface area contributed by atoms with Gasteiger partial charge in [0.1, 0.15) is 11.6 Å². The van der Waals surface area contributed by atoms with Crippen molar-refractivity contribution in [1.29, 1.82) is 0 Å². The number of hydrogen-bond acceptors (Lipinski definition) is 4. The molecule has 0 spiro atoms. The summed E-state index contributed by atoms with van der Waals surface area (Å²) in [6.45, 7) is 1.72. The van der Waals surface area contributed by atoms with Gasteiger partial charge in [-0.2, -0.15) is 0 Å². The molecule has 1 atom stereocenters. The molecule has 3 rings (SSSR count). The quantitative estimate of drug-likeness (QED) is 0.529. The maximum absolute atomic E-state index is 13.4. The predicted octanol–water partition coefficient (Wildman–Crippen LogP) is 4.78. The van der Waals surface area contributed by atoms with Gasteiger partial charge in [-0.25, -0.2) is 12.8 Å². The molecular formula is C22H20ClFN2O4S. The summed E-state index contributed by atoms with van der Waals surface area (Å²) in [5, 5.41) is 2.71. The molecule has 0 saturated carbocycles. The lowest BCUT2D eigenvalue weighted by Gasteiger charge is -2.15. The van der Waals surface area contributed by atoms with Crippen LogP contribution < -0.4 is 14.8 Å². The molecule has 0 aliphatic heterocycles. The number of amides is 1. The van der Waals surface area contributed by atoms with Crippen molar-refractivity contribution < 1.29 is 22.3 Å². The maximum Gasteiger partial charge on any atom is 0.261 e. The van der Waals surface area contributed by atoms with E-state index in [0.717, 1.165) is 0 Å². The van der Waals surface area contributed by atoms with E-state index in [1.165, 1.54) is 49.6 Å². The highest BCUT2D eigenvalue weighted by atomic mass is 35.5. The number of benzene rings is 3. The summed E-state index contributed by atoms with van der Waals surface area (Å²) in [6, 6.07) is 15.8. The van der Waals surface area contributed by atoms with Crippen molar-refractivity contribution in [3.05, 3.63) is 88.7 Å². The molecule has 0 aliphatic rings. The number of halogens is 2. The van der Waals surface area contributed by atoms with Crippen LogP contribution in [0.25, 0.3) is 0 Å². The summed E-state index contributed by atoms with van der Waals surface area (Å²) >= 11 is 5.80. The Morgan fingerprint density at radius 1 is 1.06 bits per heavy atom. The molecule has 1 unspecified atom stereocenters. The first-order valence-electron chi connectivity index (χ1n) is 9.22. The van der Waals surface area contributed by atoms with E-state index in [0.29, 0.717) is 17.0 Å². The third-order valence-electron chi connectivity index (χ3n) is 4.54. The molecule has 162 valence electrons. The molecule has 31 heavy (non-hydrogen) atoms. The Kier molecular flexibility index (Phi) is 6.82. The molecule has 9 heteroatoms. The monoisotopic (exact) mass is 462 g/mol. The summed E-state index contributed by atoms with van der Waals surface area (Å²) in [4.78, 5) is 12.6. The number of rotatable bonds is 7. The number of methoxy groups -OCH3 is 1. The van der Waals surface area contributed by atoms with Crippen LogP contribution in [-0.4, -0.2) is 21.4 Å². The van der Waals surface area contributed by atoms with Gasteiger partial charge in [0, 0.05) is 11.3 Å². The van der Waals surface area contributed by atoms with E-state index < -0.39 is 27.8 Å². The van der Waals surface area contributed by atoms with E-state index in [4.69, 9.17) is 16.3 Å². The molecule has 0 saturated heterocycles. The van der Waals surface area contributed by atoms with Gasteiger partial charge in [-0.1, -0.05) is 23.7 Å². The van der Waals surface area contributed by atoms with Gasteiger partial charge in [0.25, 0.3) is 15.9 Å². The Morgan fingerprint density at radius 2 is 1.77 bits per heavy atom. The fourth-order valence-corrected chi connectivity index (χ4v) is 4.12. The van der Waals surface area contributed by atoms with Gasteiger partial charge in [-0.3, -0.25) is 9.52 Å². The van der Waals surface area contributed by atoms with Gasteiger partial charge in [-0.15, -0.1) is 0 Å². The second-order valence-corrected chi connectivity index (χ2v) is 8.82. The zero-order chi connectivity index (χ0) is 22.6. The highest BCUT2D eigenvalue weighted by Crippen LogP contribution is 2.22. The highest BCUT2D eigenvalue weighted by molar-refractivity contribution is 7.92. The topological polar surface area (TPSA) is 84.5 Å². The van der Waals surface area contributed by atoms with Crippen molar-refractivity contribution in [3.8, 4) is 5.75 Å². The average Bonchev–Trinajstić information content (AvgIpc) is 2.76. The molecule has 3 aromatic rings. The fourth-order valence-electron chi connectivity index (χ4n) is 2.82. The maximum atomic E-state index is 13.4. The lowest BCUT2D eigenvalue weighted by atomic mass is 10.1. The van der Waals surface area contributed by atoms with Gasteiger partial charge < -0.3 is 10.1 Å². The third kappa shape index (κ3) is 5.53. The number of anilines is 1. The SMILES string of the molecule is COc1ccc(NS(=O)(=O)c2cccc(C(=O)NC(C)c3ccc(F)c(Cl)c3)c2)cc1. The average molecular weight is 463 g/mol. The first kappa shape index (κ1) is 22.6. The smallest absolute Gasteiger partial charge is 0.261 e. The number of nitrogens with one attached hydrogen (secondary N) is 2. The van der Waals surface area contributed by atoms with Crippen LogP contribution in [0.1, 0.15) is 28.9 Å². The van der Waals surface area contributed by atoms with Crippen LogP contribution in [0.5, 0.6) is 5.75 Å². The molecule has 0 heterocycles. The summed E-state index contributed by atoms with van der Waals surface area (Å²) in [6.07, 6.45) is 0. The Labute approximate surface area is 185 Å². The second-order valence-electron chi connectivity index (χ2n) is 6.73. The van der Waals surface area contributed by atoms with Gasteiger partial charge in [0.2, 0.25) is 0 Å². The minimum absolute atomic E-state index is 0.0451. The molecule has 3 aromatic carbocycles. The number of ether oxygens (including phenoxy) is 1. The van der Waals surface area contributed by atoms with Crippen molar-refractivity contribution >= 4 is 33.2 Å². The second kappa shape index (κ2) is 9.36. The van der Waals surface area contributed by atoms with Gasteiger partial charge in [0.15, 0.2) is 0 Å². The zero-order valence-electron chi connectivity index (χ0n) is 16.7. The number of carbonyl (C=O) groups excluding carboxylic acids is 1. The molecule has 1 amide bonds. The fraction of sp³-hybridized carbons (Fsp3) is 0.136. The van der Waals surface area contributed by atoms with E-state index in [9.17, 15) is 17.6 Å². The number of hydrogen-bond donors (Lipinski definition) is 2. The molecule has 6 nitrogen and oxygen atoms in total. The minimum Gasteiger partial charge on any atom is -0.497 e. The highest BCUT2D eigenvalue weighted by Gasteiger charge is 2.18. The summed E-state index contributed by atoms with van der Waals surface area (Å²) < 4.78 is 46.3. The molecular weight excluding hydrogens is 443 g/mol. The Balaban J connectivity index is 1.76. The molecule has 0 fully saturated rings. The first-order valence-corrected chi connectivity index (χ1v) is 11.1. The van der Waals surface area contributed by atoms with Crippen molar-refractivity contribution in [3.63, 3.8) is 0 Å². The number of carbonyl (C=O) groups is 1. The van der Waals surface area contributed by atoms with Gasteiger partial charge >= 0.3 is 0 Å². The Hall–Kier alpha value is -3.10. The van der Waals surface area contributed by atoms with E-state index in [2.05, 4.69) is 10.0 Å². The molecule has 0 radical (unpaired) electrons. The van der Waals surface area contributed by atoms with E-state index in [-0.39, 0.29) is 15.5 Å². The first-order chi connectivity index (χ1) is 14.7. The normalized spacial score (nSPS) is 12.1.